The summed E-state index contributed by atoms with van der Waals surface area (Å²) >= 11 is 0. The quantitative estimate of drug-likeness (QED) is 0.703. The number of carbonyl (C=O) groups is 1. The fourth-order valence-corrected chi connectivity index (χ4v) is 3.93. The number of aromatic nitrogens is 1. The van der Waals surface area contributed by atoms with Crippen LogP contribution >= 0.6 is 0 Å². The molecule has 1 aliphatic heterocycles. The van der Waals surface area contributed by atoms with E-state index < -0.39 is 0 Å². The Bertz CT molecular complexity index is 938. The van der Waals surface area contributed by atoms with Crippen molar-refractivity contribution < 1.29 is 4.79 Å². The van der Waals surface area contributed by atoms with Gasteiger partial charge < -0.3 is 9.47 Å². The van der Waals surface area contributed by atoms with E-state index in [1.807, 2.05) is 18.0 Å². The molecule has 0 N–H and O–H groups in total. The summed E-state index contributed by atoms with van der Waals surface area (Å²) in [5.74, 6) is 0.139. The molecule has 2 heterocycles. The molecular formula is C21H22N2O. The van der Waals surface area contributed by atoms with Gasteiger partial charge in [-0.25, -0.2) is 0 Å². The van der Waals surface area contributed by atoms with Crippen LogP contribution in [0.5, 0.6) is 0 Å². The Labute approximate surface area is 142 Å². The molecule has 1 aromatic heterocycles. The lowest BCUT2D eigenvalue weighted by Gasteiger charge is -2.24. The van der Waals surface area contributed by atoms with Gasteiger partial charge in [-0.3, -0.25) is 4.79 Å². The molecule has 0 fully saturated rings. The van der Waals surface area contributed by atoms with Crippen molar-refractivity contribution in [2.45, 2.75) is 26.8 Å². The number of aryl methyl sites for hydroxylation is 2. The van der Waals surface area contributed by atoms with E-state index >= 15 is 0 Å². The molecule has 0 saturated heterocycles. The van der Waals surface area contributed by atoms with Gasteiger partial charge in [-0.1, -0.05) is 42.0 Å². The van der Waals surface area contributed by atoms with Crippen LogP contribution in [0.1, 0.15) is 32.7 Å². The average molecular weight is 318 g/mol. The highest BCUT2D eigenvalue weighted by atomic mass is 16.2. The van der Waals surface area contributed by atoms with Crippen molar-refractivity contribution in [2.75, 3.05) is 13.6 Å². The van der Waals surface area contributed by atoms with E-state index in [0.717, 1.165) is 25.2 Å². The van der Waals surface area contributed by atoms with Crippen LogP contribution < -0.4 is 0 Å². The Morgan fingerprint density at radius 1 is 1.08 bits per heavy atom. The van der Waals surface area contributed by atoms with E-state index in [0.29, 0.717) is 0 Å². The normalized spacial score (nSPS) is 14.3. The number of hydrogen-bond acceptors (Lipinski definition) is 1. The zero-order chi connectivity index (χ0) is 16.8. The topological polar surface area (TPSA) is 25.2 Å². The third-order valence-corrected chi connectivity index (χ3v) is 5.03. The van der Waals surface area contributed by atoms with Crippen LogP contribution in [0.2, 0.25) is 0 Å². The van der Waals surface area contributed by atoms with Crippen LogP contribution in [-0.2, 0) is 13.0 Å². The fourth-order valence-electron chi connectivity index (χ4n) is 3.93. The zero-order valence-electron chi connectivity index (χ0n) is 14.5. The molecule has 0 saturated carbocycles. The Morgan fingerprint density at radius 3 is 2.58 bits per heavy atom. The van der Waals surface area contributed by atoms with Crippen molar-refractivity contribution in [1.82, 2.24) is 9.47 Å². The van der Waals surface area contributed by atoms with E-state index in [1.165, 1.54) is 33.2 Å². The second-order valence-electron chi connectivity index (χ2n) is 6.85. The lowest BCUT2D eigenvalue weighted by molar-refractivity contribution is 0.0770. The van der Waals surface area contributed by atoms with Crippen molar-refractivity contribution in [1.29, 1.82) is 0 Å². The molecule has 3 heteroatoms. The van der Waals surface area contributed by atoms with Gasteiger partial charge in [0.15, 0.2) is 0 Å². The third-order valence-electron chi connectivity index (χ3n) is 5.03. The van der Waals surface area contributed by atoms with Crippen LogP contribution in [0, 0.1) is 13.8 Å². The molecular weight excluding hydrogens is 296 g/mol. The predicted molar refractivity (Wildman–Crippen MR) is 97.6 cm³/mol. The Hall–Kier alpha value is -2.55. The lowest BCUT2D eigenvalue weighted by Crippen LogP contribution is -2.35. The number of carbonyl (C=O) groups excluding carboxylic acids is 1. The fraction of sp³-hybridized carbons (Fsp3) is 0.286. The van der Waals surface area contributed by atoms with Gasteiger partial charge in [-0.05, 0) is 43.0 Å². The summed E-state index contributed by atoms with van der Waals surface area (Å²) in [6, 6.07) is 14.8. The minimum atomic E-state index is 0.139. The lowest BCUT2D eigenvalue weighted by atomic mass is 10.0. The Balaban J connectivity index is 2.02. The summed E-state index contributed by atoms with van der Waals surface area (Å²) in [6.07, 6.45) is 0.929. The van der Waals surface area contributed by atoms with Crippen LogP contribution in [-0.4, -0.2) is 29.0 Å². The first-order valence-electron chi connectivity index (χ1n) is 8.48. The van der Waals surface area contributed by atoms with Gasteiger partial charge in [0.1, 0.15) is 5.69 Å². The number of nitrogens with zero attached hydrogens (tertiary/aromatic N) is 2. The molecule has 0 bridgehead atoms. The Morgan fingerprint density at radius 2 is 1.83 bits per heavy atom. The smallest absolute Gasteiger partial charge is 0.270 e. The van der Waals surface area contributed by atoms with Gasteiger partial charge >= 0.3 is 0 Å². The first kappa shape index (κ1) is 15.0. The molecule has 0 radical (unpaired) electrons. The minimum absolute atomic E-state index is 0.139. The molecule has 0 atom stereocenters. The number of rotatable bonds is 2. The molecule has 0 spiro atoms. The summed E-state index contributed by atoms with van der Waals surface area (Å²) < 4.78 is 2.23. The summed E-state index contributed by atoms with van der Waals surface area (Å²) in [6.45, 7) is 5.81. The molecule has 0 aliphatic carbocycles. The first-order chi connectivity index (χ1) is 11.6. The number of fused-ring (bicyclic) bond motifs is 3. The van der Waals surface area contributed by atoms with Gasteiger partial charge in [-0.2, -0.15) is 0 Å². The number of likely N-dealkylation sites (N-methyl/N-ethyl adjacent to an activating group) is 1. The highest BCUT2D eigenvalue weighted by molar-refractivity contribution is 6.03. The molecule has 1 aliphatic rings. The second-order valence-corrected chi connectivity index (χ2v) is 6.85. The molecule has 4 rings (SSSR count). The molecule has 2 aromatic carbocycles. The maximum atomic E-state index is 12.9. The summed E-state index contributed by atoms with van der Waals surface area (Å²) in [4.78, 5) is 14.7. The summed E-state index contributed by atoms with van der Waals surface area (Å²) in [5, 5.41) is 1.25. The second kappa shape index (κ2) is 5.52. The molecule has 3 nitrogen and oxygen atoms in total. The predicted octanol–water partition coefficient (Wildman–Crippen LogP) is 3.93. The summed E-state index contributed by atoms with van der Waals surface area (Å²) in [5.41, 5.74) is 7.01. The standard InChI is InChI=1S/C21H22N2O/c1-14-11-15(2)19-18(12-14)17-9-10-22(3)21(24)20(17)23(19)13-16-7-5-4-6-8-16/h4-8,11-12H,9-10,13H2,1-3H3. The van der Waals surface area contributed by atoms with Crippen LogP contribution in [0.15, 0.2) is 42.5 Å². The largest absolute Gasteiger partial charge is 0.340 e. The number of hydrogen-bond donors (Lipinski definition) is 0. The third kappa shape index (κ3) is 2.23. The number of benzene rings is 2. The minimum Gasteiger partial charge on any atom is -0.340 e. The molecule has 122 valence electrons. The van der Waals surface area contributed by atoms with E-state index in [1.54, 1.807) is 0 Å². The van der Waals surface area contributed by atoms with Crippen LogP contribution in [0.25, 0.3) is 10.9 Å². The van der Waals surface area contributed by atoms with Gasteiger partial charge in [0.05, 0.1) is 5.52 Å². The van der Waals surface area contributed by atoms with E-state index in [2.05, 4.69) is 54.8 Å². The van der Waals surface area contributed by atoms with Crippen molar-refractivity contribution in [3.8, 4) is 0 Å². The van der Waals surface area contributed by atoms with Gasteiger partial charge in [0, 0.05) is 25.5 Å². The molecule has 3 aromatic rings. The van der Waals surface area contributed by atoms with Gasteiger partial charge in [0.25, 0.3) is 5.91 Å². The monoisotopic (exact) mass is 318 g/mol. The molecule has 24 heavy (non-hydrogen) atoms. The first-order valence-corrected chi connectivity index (χ1v) is 8.48. The van der Waals surface area contributed by atoms with Crippen molar-refractivity contribution in [3.63, 3.8) is 0 Å². The highest BCUT2D eigenvalue weighted by Crippen LogP contribution is 2.33. The average Bonchev–Trinajstić information content (AvgIpc) is 2.86. The van der Waals surface area contributed by atoms with Gasteiger partial charge in [-0.15, -0.1) is 0 Å². The Kier molecular flexibility index (Phi) is 3.45. The van der Waals surface area contributed by atoms with Crippen molar-refractivity contribution in [2.24, 2.45) is 0 Å². The SMILES string of the molecule is Cc1cc(C)c2c(c1)c1c(n2Cc2ccccc2)C(=O)N(C)CC1. The van der Waals surface area contributed by atoms with Crippen molar-refractivity contribution >= 4 is 16.8 Å². The number of amides is 1. The maximum absolute atomic E-state index is 12.9. The zero-order valence-corrected chi connectivity index (χ0v) is 14.5. The van der Waals surface area contributed by atoms with E-state index in [9.17, 15) is 4.79 Å². The van der Waals surface area contributed by atoms with Crippen molar-refractivity contribution in [3.05, 3.63) is 70.4 Å². The summed E-state index contributed by atoms with van der Waals surface area (Å²) in [7, 11) is 1.90. The van der Waals surface area contributed by atoms with Crippen LogP contribution in [0.3, 0.4) is 0 Å². The van der Waals surface area contributed by atoms with Gasteiger partial charge in [0.2, 0.25) is 0 Å². The van der Waals surface area contributed by atoms with E-state index in [4.69, 9.17) is 0 Å². The maximum Gasteiger partial charge on any atom is 0.270 e. The molecule has 0 unspecified atom stereocenters. The highest BCUT2D eigenvalue weighted by Gasteiger charge is 2.29. The van der Waals surface area contributed by atoms with E-state index in [-0.39, 0.29) is 5.91 Å². The van der Waals surface area contributed by atoms with Crippen LogP contribution in [0.4, 0.5) is 0 Å². The molecule has 1 amide bonds.